The lowest BCUT2D eigenvalue weighted by atomic mass is 10.1. The van der Waals surface area contributed by atoms with Gasteiger partial charge in [-0.15, -0.1) is 0 Å². The first kappa shape index (κ1) is 16.4. The Hall–Kier alpha value is -3.07. The maximum Gasteiger partial charge on any atom is 0.211 e. The molecule has 134 valence electrons. The van der Waals surface area contributed by atoms with Crippen LogP contribution in [0.15, 0.2) is 24.5 Å². The van der Waals surface area contributed by atoms with E-state index in [0.29, 0.717) is 34.5 Å². The van der Waals surface area contributed by atoms with Gasteiger partial charge in [-0.05, 0) is 38.1 Å². The number of hydrogen-bond acceptors (Lipinski definition) is 6. The molecule has 0 unspecified atom stereocenters. The van der Waals surface area contributed by atoms with Crippen molar-refractivity contribution in [3.63, 3.8) is 0 Å². The number of fused-ring (bicyclic) bond motifs is 1. The maximum absolute atomic E-state index is 14.3. The molecular weight excluding hydrogens is 337 g/mol. The second-order valence-electron chi connectivity index (χ2n) is 6.19. The highest BCUT2D eigenvalue weighted by Gasteiger charge is 2.23. The zero-order chi connectivity index (χ0) is 18.1. The first-order valence-electron chi connectivity index (χ1n) is 8.38. The SMILES string of the molecule is Nc1ncnc2c1c(-c1ccc(NC=O)c(F)c1)nn2C1CCNCC1. The van der Waals surface area contributed by atoms with E-state index in [9.17, 15) is 9.18 Å². The van der Waals surface area contributed by atoms with Crippen LogP contribution < -0.4 is 16.4 Å². The number of nitrogen functional groups attached to an aromatic ring is 1. The fourth-order valence-corrected chi connectivity index (χ4v) is 3.35. The molecule has 8 nitrogen and oxygen atoms in total. The van der Waals surface area contributed by atoms with Gasteiger partial charge in [0.1, 0.15) is 23.7 Å². The van der Waals surface area contributed by atoms with Gasteiger partial charge in [0.2, 0.25) is 6.41 Å². The first-order valence-corrected chi connectivity index (χ1v) is 8.38. The lowest BCUT2D eigenvalue weighted by Gasteiger charge is -2.23. The minimum atomic E-state index is -0.547. The molecule has 0 atom stereocenters. The average molecular weight is 355 g/mol. The van der Waals surface area contributed by atoms with E-state index >= 15 is 0 Å². The molecule has 1 saturated heterocycles. The van der Waals surface area contributed by atoms with Crippen LogP contribution in [0.5, 0.6) is 0 Å². The van der Waals surface area contributed by atoms with Gasteiger partial charge in [0.25, 0.3) is 0 Å². The van der Waals surface area contributed by atoms with Crippen LogP contribution in [0, 0.1) is 5.82 Å². The van der Waals surface area contributed by atoms with Crippen LogP contribution in [-0.2, 0) is 4.79 Å². The number of amides is 1. The van der Waals surface area contributed by atoms with Crippen LogP contribution >= 0.6 is 0 Å². The van der Waals surface area contributed by atoms with Gasteiger partial charge in [0.05, 0.1) is 17.1 Å². The van der Waals surface area contributed by atoms with E-state index in [1.165, 1.54) is 18.5 Å². The molecule has 3 aromatic rings. The summed E-state index contributed by atoms with van der Waals surface area (Å²) in [4.78, 5) is 19.0. The van der Waals surface area contributed by atoms with Crippen LogP contribution in [-0.4, -0.2) is 39.2 Å². The fraction of sp³-hybridized carbons (Fsp3) is 0.294. The summed E-state index contributed by atoms with van der Waals surface area (Å²) in [7, 11) is 0. The number of aromatic nitrogens is 4. The Kier molecular flexibility index (Phi) is 4.21. The molecule has 1 aliphatic heterocycles. The van der Waals surface area contributed by atoms with Gasteiger partial charge in [-0.1, -0.05) is 6.07 Å². The Morgan fingerprint density at radius 1 is 1.31 bits per heavy atom. The third-order valence-corrected chi connectivity index (χ3v) is 4.63. The van der Waals surface area contributed by atoms with Crippen molar-refractivity contribution in [2.75, 3.05) is 24.1 Å². The number of nitrogens with two attached hydrogens (primary N) is 1. The zero-order valence-electron chi connectivity index (χ0n) is 13.9. The molecule has 0 spiro atoms. The van der Waals surface area contributed by atoms with Gasteiger partial charge in [0, 0.05) is 5.56 Å². The molecule has 0 bridgehead atoms. The van der Waals surface area contributed by atoms with Crippen molar-refractivity contribution in [2.45, 2.75) is 18.9 Å². The highest BCUT2D eigenvalue weighted by Crippen LogP contribution is 2.34. The van der Waals surface area contributed by atoms with E-state index in [-0.39, 0.29) is 11.7 Å². The number of benzene rings is 1. The Balaban J connectivity index is 1.87. The summed E-state index contributed by atoms with van der Waals surface area (Å²) in [5.41, 5.74) is 7.93. The molecule has 2 aromatic heterocycles. The Morgan fingerprint density at radius 2 is 2.12 bits per heavy atom. The van der Waals surface area contributed by atoms with Gasteiger partial charge in [-0.25, -0.2) is 19.0 Å². The summed E-state index contributed by atoms with van der Waals surface area (Å²) in [5.74, 6) is -0.240. The van der Waals surface area contributed by atoms with Crippen LogP contribution in [0.1, 0.15) is 18.9 Å². The standard InChI is InChI=1S/C17H18FN7O/c18-12-7-10(1-2-13(12)23-9-26)15-14-16(19)21-8-22-17(14)25(24-15)11-3-5-20-6-4-11/h1-2,7-9,11,20H,3-6H2,(H,23,26)(H2,19,21,22). The van der Waals surface area contributed by atoms with Crippen molar-refractivity contribution in [1.29, 1.82) is 0 Å². The molecule has 0 radical (unpaired) electrons. The van der Waals surface area contributed by atoms with E-state index in [1.807, 2.05) is 4.68 Å². The quantitative estimate of drug-likeness (QED) is 0.615. The predicted octanol–water partition coefficient (Wildman–Crippen LogP) is 1.71. The summed E-state index contributed by atoms with van der Waals surface area (Å²) in [5, 5.41) is 11.0. The summed E-state index contributed by atoms with van der Waals surface area (Å²) in [6, 6.07) is 4.71. The van der Waals surface area contributed by atoms with Gasteiger partial charge < -0.3 is 16.4 Å². The molecule has 26 heavy (non-hydrogen) atoms. The molecular formula is C17H18FN7O. The van der Waals surface area contributed by atoms with Gasteiger partial charge in [-0.3, -0.25) is 4.79 Å². The highest BCUT2D eigenvalue weighted by molar-refractivity contribution is 5.98. The third-order valence-electron chi connectivity index (χ3n) is 4.63. The number of halogens is 1. The highest BCUT2D eigenvalue weighted by atomic mass is 19.1. The molecule has 3 heterocycles. The van der Waals surface area contributed by atoms with Crippen molar-refractivity contribution in [1.82, 2.24) is 25.1 Å². The number of nitrogens with zero attached hydrogens (tertiary/aromatic N) is 4. The average Bonchev–Trinajstić information content (AvgIpc) is 3.05. The van der Waals surface area contributed by atoms with Crippen LogP contribution in [0.2, 0.25) is 0 Å². The smallest absolute Gasteiger partial charge is 0.211 e. The molecule has 4 N–H and O–H groups in total. The van der Waals surface area contributed by atoms with Crippen molar-refractivity contribution in [3.05, 3.63) is 30.3 Å². The maximum atomic E-state index is 14.3. The van der Waals surface area contributed by atoms with E-state index in [0.717, 1.165) is 25.9 Å². The molecule has 1 amide bonds. The topological polar surface area (TPSA) is 111 Å². The van der Waals surface area contributed by atoms with E-state index in [1.54, 1.807) is 6.07 Å². The minimum Gasteiger partial charge on any atom is -0.383 e. The molecule has 4 rings (SSSR count). The van der Waals surface area contributed by atoms with E-state index in [4.69, 9.17) is 10.8 Å². The molecule has 0 saturated carbocycles. The zero-order valence-corrected chi connectivity index (χ0v) is 13.9. The minimum absolute atomic E-state index is 0.107. The molecule has 9 heteroatoms. The van der Waals surface area contributed by atoms with Crippen molar-refractivity contribution < 1.29 is 9.18 Å². The van der Waals surface area contributed by atoms with Gasteiger partial charge in [0.15, 0.2) is 5.65 Å². The van der Waals surface area contributed by atoms with Crippen LogP contribution in [0.4, 0.5) is 15.9 Å². The van der Waals surface area contributed by atoms with Crippen molar-refractivity contribution in [3.8, 4) is 11.3 Å². The number of hydrogen-bond donors (Lipinski definition) is 3. The first-order chi connectivity index (χ1) is 12.7. The summed E-state index contributed by atoms with van der Waals surface area (Å²) in [6.07, 6.45) is 3.71. The van der Waals surface area contributed by atoms with E-state index < -0.39 is 5.82 Å². The number of nitrogens with one attached hydrogen (secondary N) is 2. The second-order valence-corrected chi connectivity index (χ2v) is 6.19. The number of anilines is 2. The van der Waals surface area contributed by atoms with Crippen molar-refractivity contribution in [2.24, 2.45) is 0 Å². The van der Waals surface area contributed by atoms with Gasteiger partial charge >= 0.3 is 0 Å². The lowest BCUT2D eigenvalue weighted by molar-refractivity contribution is -0.105. The fourth-order valence-electron chi connectivity index (χ4n) is 3.35. The number of rotatable bonds is 4. The number of piperidine rings is 1. The molecule has 1 aliphatic rings. The molecule has 1 fully saturated rings. The molecule has 0 aliphatic carbocycles. The van der Waals surface area contributed by atoms with Crippen LogP contribution in [0.25, 0.3) is 22.3 Å². The molecule has 1 aromatic carbocycles. The monoisotopic (exact) mass is 355 g/mol. The number of carbonyl (C=O) groups excluding carboxylic acids is 1. The van der Waals surface area contributed by atoms with Crippen LogP contribution in [0.3, 0.4) is 0 Å². The van der Waals surface area contributed by atoms with E-state index in [2.05, 4.69) is 20.6 Å². The lowest BCUT2D eigenvalue weighted by Crippen LogP contribution is -2.30. The Morgan fingerprint density at radius 3 is 2.85 bits per heavy atom. The predicted molar refractivity (Wildman–Crippen MR) is 96.0 cm³/mol. The summed E-state index contributed by atoms with van der Waals surface area (Å²) >= 11 is 0. The normalized spacial score (nSPS) is 15.3. The Labute approximate surface area is 148 Å². The second kappa shape index (κ2) is 6.68. The van der Waals surface area contributed by atoms with Gasteiger partial charge in [-0.2, -0.15) is 5.10 Å². The number of carbonyl (C=O) groups is 1. The summed E-state index contributed by atoms with van der Waals surface area (Å²) in [6.45, 7) is 1.81. The summed E-state index contributed by atoms with van der Waals surface area (Å²) < 4.78 is 16.1. The van der Waals surface area contributed by atoms with Crippen molar-refractivity contribution >= 4 is 28.9 Å². The Bertz CT molecular complexity index is 965. The third kappa shape index (κ3) is 2.76. The largest absolute Gasteiger partial charge is 0.383 e.